The molecule has 0 radical (unpaired) electrons. The topological polar surface area (TPSA) is 112 Å². The van der Waals surface area contributed by atoms with Gasteiger partial charge in [-0.3, -0.25) is 4.79 Å². The Balaban J connectivity index is 0.000000595. The van der Waals surface area contributed by atoms with E-state index in [1.807, 2.05) is 6.26 Å². The van der Waals surface area contributed by atoms with Gasteiger partial charge in [-0.05, 0) is 18.4 Å². The lowest BCUT2D eigenvalue weighted by Crippen LogP contribution is -2.41. The quantitative estimate of drug-likeness (QED) is 0.608. The van der Waals surface area contributed by atoms with Crippen molar-refractivity contribution >= 4 is 27.8 Å². The number of nitrogens with zero attached hydrogens (tertiary/aromatic N) is 1. The number of hydrogen-bond donors (Lipinski definition) is 3. The predicted octanol–water partition coefficient (Wildman–Crippen LogP) is 0.708. The fourth-order valence-corrected chi connectivity index (χ4v) is 2.63. The van der Waals surface area contributed by atoms with Crippen molar-refractivity contribution in [3.8, 4) is 0 Å². The summed E-state index contributed by atoms with van der Waals surface area (Å²) in [6, 6.07) is -1.05. The van der Waals surface area contributed by atoms with Crippen LogP contribution in [0.25, 0.3) is 0 Å². The van der Waals surface area contributed by atoms with Gasteiger partial charge in [-0.25, -0.2) is 18.1 Å². The number of carbonyl (C=O) groups is 1. The first-order chi connectivity index (χ1) is 9.43. The molecule has 0 spiro atoms. The largest absolute Gasteiger partial charge is 0.480 e. The molecule has 0 bridgehead atoms. The van der Waals surface area contributed by atoms with Crippen LogP contribution in [-0.2, 0) is 14.8 Å². The van der Waals surface area contributed by atoms with E-state index < -0.39 is 22.0 Å². The van der Waals surface area contributed by atoms with E-state index in [0.29, 0.717) is 5.75 Å². The highest BCUT2D eigenvalue weighted by Gasteiger charge is 2.22. The zero-order valence-corrected chi connectivity index (χ0v) is 12.8. The van der Waals surface area contributed by atoms with Gasteiger partial charge < -0.3 is 10.1 Å². The maximum atomic E-state index is 11.3. The third-order valence-corrected chi connectivity index (χ3v) is 3.94. The summed E-state index contributed by atoms with van der Waals surface area (Å²) in [6.45, 7) is 3.29. The lowest BCUT2D eigenvalue weighted by Gasteiger charge is -2.13. The zero-order valence-electron chi connectivity index (χ0n) is 11.2. The lowest BCUT2D eigenvalue weighted by molar-refractivity contribution is -0.139. The van der Waals surface area contributed by atoms with Crippen LogP contribution in [0.5, 0.6) is 0 Å². The van der Waals surface area contributed by atoms with Gasteiger partial charge in [0.1, 0.15) is 6.04 Å². The summed E-state index contributed by atoms with van der Waals surface area (Å²) in [5.74, 6) is -0.833. The van der Waals surface area contributed by atoms with E-state index in [4.69, 9.17) is 5.11 Å². The summed E-state index contributed by atoms with van der Waals surface area (Å²) in [6.07, 6.45) is 8.40. The second kappa shape index (κ2) is 10.5. The van der Waals surface area contributed by atoms with Crippen LogP contribution < -0.4 is 4.72 Å². The number of nitrogens with one attached hydrogen (secondary N) is 2. The third kappa shape index (κ3) is 9.59. The molecule has 1 aromatic heterocycles. The highest BCUT2D eigenvalue weighted by Crippen LogP contribution is 2.02. The molecule has 1 rings (SSSR count). The van der Waals surface area contributed by atoms with Crippen LogP contribution in [0.4, 0.5) is 0 Å². The van der Waals surface area contributed by atoms with Crippen LogP contribution in [0.2, 0.25) is 0 Å². The van der Waals surface area contributed by atoms with E-state index in [0.717, 1.165) is 0 Å². The summed E-state index contributed by atoms with van der Waals surface area (Å²) in [4.78, 5) is 17.1. The first-order valence-electron chi connectivity index (χ1n) is 5.68. The fourth-order valence-electron chi connectivity index (χ4n) is 1.10. The predicted molar refractivity (Wildman–Crippen MR) is 80.1 cm³/mol. The minimum atomic E-state index is -3.56. The summed E-state index contributed by atoms with van der Waals surface area (Å²) >= 11 is 1.47. The van der Waals surface area contributed by atoms with Gasteiger partial charge >= 0.3 is 5.97 Å². The molecule has 0 aliphatic heterocycles. The van der Waals surface area contributed by atoms with Gasteiger partial charge in [0, 0.05) is 12.4 Å². The van der Waals surface area contributed by atoms with Crippen LogP contribution in [0.15, 0.2) is 31.4 Å². The molecule has 1 aromatic rings. The lowest BCUT2D eigenvalue weighted by atomic mass is 10.2. The minimum Gasteiger partial charge on any atom is -0.480 e. The highest BCUT2D eigenvalue weighted by molar-refractivity contribution is 7.98. The molecule has 1 heterocycles. The van der Waals surface area contributed by atoms with E-state index in [1.54, 1.807) is 18.7 Å². The molecular weight excluding hydrogens is 302 g/mol. The molecule has 3 N–H and O–H groups in total. The van der Waals surface area contributed by atoms with E-state index in [9.17, 15) is 13.2 Å². The Kier molecular flexibility index (Phi) is 9.77. The van der Waals surface area contributed by atoms with E-state index in [-0.39, 0.29) is 12.2 Å². The first kappa shape index (κ1) is 18.7. The van der Waals surface area contributed by atoms with Crippen LogP contribution in [-0.4, -0.2) is 53.3 Å². The van der Waals surface area contributed by atoms with Gasteiger partial charge in [0.15, 0.2) is 0 Å². The fraction of sp³-hybridized carbons (Fsp3) is 0.455. The second-order valence-electron chi connectivity index (χ2n) is 3.62. The van der Waals surface area contributed by atoms with Crippen molar-refractivity contribution in [3.05, 3.63) is 31.4 Å². The summed E-state index contributed by atoms with van der Waals surface area (Å²) in [7, 11) is -3.56. The van der Waals surface area contributed by atoms with Crippen molar-refractivity contribution in [3.63, 3.8) is 0 Å². The highest BCUT2D eigenvalue weighted by atomic mass is 32.2. The number of hydrogen-bond acceptors (Lipinski definition) is 5. The molecule has 1 unspecified atom stereocenters. The molecule has 20 heavy (non-hydrogen) atoms. The molecule has 1 atom stereocenters. The second-order valence-corrected chi connectivity index (χ2v) is 6.40. The van der Waals surface area contributed by atoms with Crippen LogP contribution in [0.1, 0.15) is 6.42 Å². The summed E-state index contributed by atoms with van der Waals surface area (Å²) in [5.41, 5.74) is 0. The Bertz CT molecular complexity index is 457. The molecule has 0 aromatic carbocycles. The first-order valence-corrected chi connectivity index (χ1v) is 8.73. The number of rotatable bonds is 8. The summed E-state index contributed by atoms with van der Waals surface area (Å²) in [5, 5.41) is 8.77. The van der Waals surface area contributed by atoms with Crippen LogP contribution >= 0.6 is 11.8 Å². The maximum absolute atomic E-state index is 11.3. The zero-order chi connectivity index (χ0) is 15.4. The number of aliphatic carboxylic acids is 1. The van der Waals surface area contributed by atoms with Crippen molar-refractivity contribution < 1.29 is 18.3 Å². The Labute approximate surface area is 122 Å². The number of H-pyrrole nitrogens is 1. The molecule has 114 valence electrons. The maximum Gasteiger partial charge on any atom is 0.321 e. The van der Waals surface area contributed by atoms with Crippen molar-refractivity contribution in [2.75, 3.05) is 17.8 Å². The van der Waals surface area contributed by atoms with Gasteiger partial charge in [0.2, 0.25) is 10.0 Å². The van der Waals surface area contributed by atoms with Crippen LogP contribution in [0, 0.1) is 0 Å². The smallest absolute Gasteiger partial charge is 0.321 e. The van der Waals surface area contributed by atoms with E-state index >= 15 is 0 Å². The number of thioether (sulfide) groups is 1. The van der Waals surface area contributed by atoms with Crippen molar-refractivity contribution in [2.45, 2.75) is 12.5 Å². The third-order valence-electron chi connectivity index (χ3n) is 1.97. The number of aromatic nitrogens is 2. The van der Waals surface area contributed by atoms with Crippen molar-refractivity contribution in [1.82, 2.24) is 14.7 Å². The SMILES string of the molecule is C=CCS(=O)(=O)NC(CCSC)C(=O)O.c1c[nH]cn1. The molecule has 0 saturated carbocycles. The molecule has 0 saturated heterocycles. The molecule has 9 heteroatoms. The van der Waals surface area contributed by atoms with Gasteiger partial charge in [-0.15, -0.1) is 6.58 Å². The van der Waals surface area contributed by atoms with Crippen molar-refractivity contribution in [2.24, 2.45) is 0 Å². The Morgan fingerprint density at radius 3 is 2.70 bits per heavy atom. The molecule has 0 aliphatic carbocycles. The van der Waals surface area contributed by atoms with Gasteiger partial charge in [0.05, 0.1) is 12.1 Å². The summed E-state index contributed by atoms with van der Waals surface area (Å²) < 4.78 is 24.6. The Morgan fingerprint density at radius 1 is 1.65 bits per heavy atom. The number of imidazole rings is 1. The molecule has 7 nitrogen and oxygen atoms in total. The van der Waals surface area contributed by atoms with Gasteiger partial charge in [-0.1, -0.05) is 6.08 Å². The van der Waals surface area contributed by atoms with Crippen molar-refractivity contribution in [1.29, 1.82) is 0 Å². The average Bonchev–Trinajstić information content (AvgIpc) is 2.93. The van der Waals surface area contributed by atoms with E-state index in [1.165, 1.54) is 17.8 Å². The Morgan fingerprint density at radius 2 is 2.35 bits per heavy atom. The number of aromatic amines is 1. The van der Waals surface area contributed by atoms with Crippen LogP contribution in [0.3, 0.4) is 0 Å². The number of carboxylic acid groups (broad SMARTS) is 1. The molecule has 0 amide bonds. The van der Waals surface area contributed by atoms with Gasteiger partial charge in [-0.2, -0.15) is 11.8 Å². The number of sulfonamides is 1. The molecular formula is C11H19N3O4S2. The number of carboxylic acids is 1. The van der Waals surface area contributed by atoms with E-state index in [2.05, 4.69) is 21.3 Å². The molecule has 0 fully saturated rings. The monoisotopic (exact) mass is 321 g/mol. The van der Waals surface area contributed by atoms with Gasteiger partial charge in [0.25, 0.3) is 0 Å². The normalized spacial score (nSPS) is 12.1. The average molecular weight is 321 g/mol. The standard InChI is InChI=1S/C8H15NO4S2.C3H4N2/c1-3-6-15(12,13)9-7(8(10)11)4-5-14-2;1-2-5-3-4-1/h3,7,9H,1,4-6H2,2H3,(H,10,11);1-3H,(H,4,5). The Hall–Kier alpha value is -1.32. The molecule has 0 aliphatic rings. The minimum absolute atomic E-state index is 0.268.